The number of β-amino-alcohol motifs (C(OH)–C–C–N with tert-alkyl or cyclic N) is 1. The molecule has 0 bridgehead atoms. The van der Waals surface area contributed by atoms with Crippen LogP contribution < -0.4 is 5.32 Å². The molecule has 0 spiro atoms. The number of aliphatic hydroxyl groups excluding tert-OH is 1. The van der Waals surface area contributed by atoms with E-state index in [2.05, 4.69) is 5.32 Å². The van der Waals surface area contributed by atoms with Gasteiger partial charge in [-0.3, -0.25) is 4.79 Å². The first kappa shape index (κ1) is 14.8. The van der Waals surface area contributed by atoms with Crippen molar-refractivity contribution in [1.82, 2.24) is 10.2 Å². The van der Waals surface area contributed by atoms with Crippen molar-refractivity contribution in [1.29, 1.82) is 0 Å². The summed E-state index contributed by atoms with van der Waals surface area (Å²) in [6.07, 6.45) is 0.669. The number of nitrogens with one attached hydrogen (secondary N) is 1. The van der Waals surface area contributed by atoms with Gasteiger partial charge in [0.25, 0.3) is 0 Å². The smallest absolute Gasteiger partial charge is 0.410 e. The summed E-state index contributed by atoms with van der Waals surface area (Å²) >= 11 is 0. The summed E-state index contributed by atoms with van der Waals surface area (Å²) in [5.74, 6) is -0.738. The lowest BCUT2D eigenvalue weighted by molar-refractivity contribution is -0.127. The number of benzene rings is 1. The maximum absolute atomic E-state index is 12.0. The molecule has 1 aliphatic heterocycles. The fraction of sp³-hybridized carbons (Fsp3) is 0.500. The van der Waals surface area contributed by atoms with Crippen LogP contribution in [0.1, 0.15) is 18.4 Å². The average Bonchev–Trinajstić information content (AvgIpc) is 3.25. The van der Waals surface area contributed by atoms with Crippen LogP contribution in [0.5, 0.6) is 0 Å². The van der Waals surface area contributed by atoms with Crippen molar-refractivity contribution in [3.8, 4) is 0 Å². The van der Waals surface area contributed by atoms with Gasteiger partial charge in [-0.2, -0.15) is 0 Å². The van der Waals surface area contributed by atoms with Crippen molar-refractivity contribution >= 4 is 12.0 Å². The number of carbonyl (C=O) groups excluding carboxylic acids is 2. The van der Waals surface area contributed by atoms with E-state index in [4.69, 9.17) is 4.74 Å². The molecular formula is C16H20N2O4. The molecule has 2 unspecified atom stereocenters. The SMILES string of the molecule is O=C(NC1CC1)C1CN(C(=O)OCc2ccccc2)CC1O. The Bertz CT molecular complexity index is 544. The topological polar surface area (TPSA) is 78.9 Å². The first-order valence-corrected chi connectivity index (χ1v) is 7.57. The van der Waals surface area contributed by atoms with Crippen LogP contribution in [0.15, 0.2) is 30.3 Å². The Hall–Kier alpha value is -2.08. The molecule has 1 saturated carbocycles. The molecule has 3 rings (SSSR count). The zero-order valence-corrected chi connectivity index (χ0v) is 12.3. The van der Waals surface area contributed by atoms with Gasteiger partial charge in [0, 0.05) is 12.6 Å². The number of carbonyl (C=O) groups is 2. The van der Waals surface area contributed by atoms with E-state index in [1.165, 1.54) is 4.90 Å². The normalized spacial score (nSPS) is 24.1. The number of hydrogen-bond acceptors (Lipinski definition) is 4. The van der Waals surface area contributed by atoms with E-state index in [0.29, 0.717) is 0 Å². The molecule has 1 aromatic rings. The number of nitrogens with zero attached hydrogens (tertiary/aromatic N) is 1. The second-order valence-electron chi connectivity index (χ2n) is 5.90. The lowest BCUT2D eigenvalue weighted by atomic mass is 10.1. The van der Waals surface area contributed by atoms with Gasteiger partial charge in [-0.25, -0.2) is 4.79 Å². The van der Waals surface area contributed by atoms with Crippen molar-refractivity contribution < 1.29 is 19.4 Å². The maximum atomic E-state index is 12.0. The van der Waals surface area contributed by atoms with Gasteiger partial charge >= 0.3 is 6.09 Å². The van der Waals surface area contributed by atoms with Crippen LogP contribution in [0.2, 0.25) is 0 Å². The fourth-order valence-corrected chi connectivity index (χ4v) is 2.54. The average molecular weight is 304 g/mol. The summed E-state index contributed by atoms with van der Waals surface area (Å²) in [6, 6.07) is 9.64. The van der Waals surface area contributed by atoms with Crippen molar-refractivity contribution in [3.05, 3.63) is 35.9 Å². The van der Waals surface area contributed by atoms with Crippen molar-refractivity contribution in [2.24, 2.45) is 5.92 Å². The van der Waals surface area contributed by atoms with Gasteiger partial charge in [0.05, 0.1) is 18.6 Å². The minimum atomic E-state index is -0.831. The maximum Gasteiger partial charge on any atom is 0.410 e. The highest BCUT2D eigenvalue weighted by Gasteiger charge is 2.40. The summed E-state index contributed by atoms with van der Waals surface area (Å²) in [6.45, 7) is 0.523. The summed E-state index contributed by atoms with van der Waals surface area (Å²) in [7, 11) is 0. The van der Waals surface area contributed by atoms with Gasteiger partial charge in [-0.15, -0.1) is 0 Å². The van der Waals surface area contributed by atoms with E-state index >= 15 is 0 Å². The zero-order valence-electron chi connectivity index (χ0n) is 12.3. The van der Waals surface area contributed by atoms with Crippen LogP contribution in [0.25, 0.3) is 0 Å². The highest BCUT2D eigenvalue weighted by atomic mass is 16.6. The predicted molar refractivity (Wildman–Crippen MR) is 78.9 cm³/mol. The minimum Gasteiger partial charge on any atom is -0.445 e. The van der Waals surface area contributed by atoms with Gasteiger partial charge < -0.3 is 20.1 Å². The molecule has 1 aliphatic carbocycles. The molecule has 1 aromatic carbocycles. The summed E-state index contributed by atoms with van der Waals surface area (Å²) in [4.78, 5) is 25.4. The van der Waals surface area contributed by atoms with Gasteiger partial charge in [-0.1, -0.05) is 30.3 Å². The van der Waals surface area contributed by atoms with Gasteiger partial charge in [0.1, 0.15) is 6.61 Å². The molecule has 2 aliphatic rings. The second-order valence-corrected chi connectivity index (χ2v) is 5.90. The van der Waals surface area contributed by atoms with Crippen molar-refractivity contribution in [2.45, 2.75) is 31.6 Å². The minimum absolute atomic E-state index is 0.135. The number of ether oxygens (including phenoxy) is 1. The molecule has 0 aromatic heterocycles. The third kappa shape index (κ3) is 3.57. The Labute approximate surface area is 129 Å². The molecular weight excluding hydrogens is 284 g/mol. The van der Waals surface area contributed by atoms with Crippen LogP contribution >= 0.6 is 0 Å². The predicted octanol–water partition coefficient (Wildman–Crippen LogP) is 0.894. The molecule has 6 heteroatoms. The van der Waals surface area contributed by atoms with Gasteiger partial charge in [-0.05, 0) is 18.4 Å². The molecule has 2 N–H and O–H groups in total. The molecule has 6 nitrogen and oxygen atoms in total. The number of likely N-dealkylation sites (tertiary alicyclic amines) is 1. The molecule has 22 heavy (non-hydrogen) atoms. The van der Waals surface area contributed by atoms with Crippen LogP contribution in [0, 0.1) is 5.92 Å². The first-order valence-electron chi connectivity index (χ1n) is 7.57. The van der Waals surface area contributed by atoms with Crippen LogP contribution in [0.4, 0.5) is 4.79 Å². The molecule has 2 amide bonds. The Balaban J connectivity index is 1.49. The van der Waals surface area contributed by atoms with Crippen LogP contribution in [-0.2, 0) is 16.1 Å². The monoisotopic (exact) mass is 304 g/mol. The highest BCUT2D eigenvalue weighted by molar-refractivity contribution is 5.81. The number of amides is 2. The van der Waals surface area contributed by atoms with Crippen LogP contribution in [-0.4, -0.2) is 47.2 Å². The Kier molecular flexibility index (Phi) is 4.29. The van der Waals surface area contributed by atoms with E-state index in [-0.39, 0.29) is 31.6 Å². The highest BCUT2D eigenvalue weighted by Crippen LogP contribution is 2.23. The van der Waals surface area contributed by atoms with Gasteiger partial charge in [0.15, 0.2) is 0 Å². The Morgan fingerprint density at radius 1 is 1.23 bits per heavy atom. The summed E-state index contributed by atoms with van der Waals surface area (Å²) < 4.78 is 5.23. The number of hydrogen-bond donors (Lipinski definition) is 2. The number of rotatable bonds is 4. The standard InChI is InChI=1S/C16H20N2O4/c19-14-9-18(8-13(14)15(20)17-12-6-7-12)16(21)22-10-11-4-2-1-3-5-11/h1-5,12-14,19H,6-10H2,(H,17,20). The Morgan fingerprint density at radius 2 is 1.95 bits per heavy atom. The number of aliphatic hydroxyl groups is 1. The van der Waals surface area contributed by atoms with E-state index in [0.717, 1.165) is 18.4 Å². The third-order valence-corrected chi connectivity index (χ3v) is 4.01. The zero-order chi connectivity index (χ0) is 15.5. The lowest BCUT2D eigenvalue weighted by Gasteiger charge is -2.16. The van der Waals surface area contributed by atoms with E-state index in [1.54, 1.807) is 0 Å². The molecule has 118 valence electrons. The van der Waals surface area contributed by atoms with E-state index < -0.39 is 18.1 Å². The molecule has 1 heterocycles. The lowest BCUT2D eigenvalue weighted by Crippen LogP contribution is -2.38. The molecule has 0 radical (unpaired) electrons. The quantitative estimate of drug-likeness (QED) is 0.866. The third-order valence-electron chi connectivity index (χ3n) is 4.01. The molecule has 1 saturated heterocycles. The van der Waals surface area contributed by atoms with Crippen LogP contribution in [0.3, 0.4) is 0 Å². The van der Waals surface area contributed by atoms with E-state index in [9.17, 15) is 14.7 Å². The second kappa shape index (κ2) is 6.36. The largest absolute Gasteiger partial charge is 0.445 e. The summed E-state index contributed by atoms with van der Waals surface area (Å²) in [5.41, 5.74) is 0.902. The Morgan fingerprint density at radius 3 is 2.64 bits per heavy atom. The molecule has 2 atom stereocenters. The van der Waals surface area contributed by atoms with Gasteiger partial charge in [0.2, 0.25) is 5.91 Å². The van der Waals surface area contributed by atoms with Crippen molar-refractivity contribution in [3.63, 3.8) is 0 Å². The fourth-order valence-electron chi connectivity index (χ4n) is 2.54. The summed E-state index contributed by atoms with van der Waals surface area (Å²) in [5, 5.41) is 12.9. The van der Waals surface area contributed by atoms with E-state index in [1.807, 2.05) is 30.3 Å². The molecule has 2 fully saturated rings. The first-order chi connectivity index (χ1) is 10.6. The van der Waals surface area contributed by atoms with Crippen molar-refractivity contribution in [2.75, 3.05) is 13.1 Å².